The van der Waals surface area contributed by atoms with Crippen LogP contribution in [-0.4, -0.2) is 25.5 Å². The van der Waals surface area contributed by atoms with Gasteiger partial charge in [0.25, 0.3) is 0 Å². The van der Waals surface area contributed by atoms with Crippen LogP contribution >= 0.6 is 11.6 Å². The molecule has 0 radical (unpaired) electrons. The number of ether oxygens (including phenoxy) is 2. The monoisotopic (exact) mass is 359 g/mol. The second kappa shape index (κ2) is 7.57. The fourth-order valence-electron chi connectivity index (χ4n) is 2.80. The van der Waals surface area contributed by atoms with Gasteiger partial charge in [-0.2, -0.15) is 0 Å². The minimum atomic E-state index is -0.482. The average Bonchev–Trinajstić information content (AvgIpc) is 3.02. The van der Waals surface area contributed by atoms with E-state index in [1.54, 1.807) is 48.4 Å². The second-order valence-corrected chi connectivity index (χ2v) is 6.25. The third kappa shape index (κ3) is 3.94. The summed E-state index contributed by atoms with van der Waals surface area (Å²) >= 11 is 5.83. The second-order valence-electron chi connectivity index (χ2n) is 5.81. The van der Waals surface area contributed by atoms with E-state index in [2.05, 4.69) is 0 Å². The van der Waals surface area contributed by atoms with Crippen LogP contribution in [0, 0.1) is 5.92 Å². The zero-order valence-corrected chi connectivity index (χ0v) is 14.5. The van der Waals surface area contributed by atoms with Crippen LogP contribution in [0.1, 0.15) is 12.0 Å². The predicted octanol–water partition coefficient (Wildman–Crippen LogP) is 3.44. The van der Waals surface area contributed by atoms with Gasteiger partial charge in [0, 0.05) is 18.0 Å². The van der Waals surface area contributed by atoms with E-state index in [1.165, 1.54) is 0 Å². The van der Waals surface area contributed by atoms with E-state index >= 15 is 0 Å². The van der Waals surface area contributed by atoms with Gasteiger partial charge >= 0.3 is 5.97 Å². The number of rotatable bonds is 5. The molecule has 1 saturated heterocycles. The number of para-hydroxylation sites is 2. The van der Waals surface area contributed by atoms with Crippen molar-refractivity contribution in [3.8, 4) is 5.75 Å². The summed E-state index contributed by atoms with van der Waals surface area (Å²) in [7, 11) is 1.55. The quantitative estimate of drug-likeness (QED) is 0.767. The van der Waals surface area contributed by atoms with Crippen molar-refractivity contribution >= 4 is 29.2 Å². The highest BCUT2D eigenvalue weighted by molar-refractivity contribution is 6.30. The summed E-state index contributed by atoms with van der Waals surface area (Å²) in [5.74, 6) is -0.366. The summed E-state index contributed by atoms with van der Waals surface area (Å²) in [6.07, 6.45) is 0.136. The molecule has 6 heteroatoms. The molecule has 5 nitrogen and oxygen atoms in total. The SMILES string of the molecule is COc1ccccc1N1C[C@@H](C(=O)OCc2ccc(Cl)cc2)CC1=O. The number of hydrogen-bond acceptors (Lipinski definition) is 4. The molecule has 1 aliphatic rings. The number of carbonyl (C=O) groups is 2. The highest BCUT2D eigenvalue weighted by Gasteiger charge is 2.37. The Morgan fingerprint density at radius 2 is 1.92 bits per heavy atom. The molecule has 130 valence electrons. The first-order valence-corrected chi connectivity index (χ1v) is 8.30. The number of halogens is 1. The summed E-state index contributed by atoms with van der Waals surface area (Å²) in [5, 5.41) is 0.629. The van der Waals surface area contributed by atoms with E-state index in [0.717, 1.165) is 5.56 Å². The first kappa shape index (κ1) is 17.3. The Kier molecular flexibility index (Phi) is 5.24. The molecule has 0 saturated carbocycles. The Labute approximate surface area is 151 Å². The molecule has 1 aliphatic heterocycles. The van der Waals surface area contributed by atoms with Crippen molar-refractivity contribution in [3.63, 3.8) is 0 Å². The van der Waals surface area contributed by atoms with Crippen molar-refractivity contribution in [2.24, 2.45) is 5.92 Å². The van der Waals surface area contributed by atoms with Gasteiger partial charge in [0.1, 0.15) is 12.4 Å². The smallest absolute Gasteiger partial charge is 0.311 e. The summed E-state index contributed by atoms with van der Waals surface area (Å²) < 4.78 is 10.6. The molecule has 0 aromatic heterocycles. The van der Waals surface area contributed by atoms with Crippen molar-refractivity contribution in [3.05, 3.63) is 59.1 Å². The lowest BCUT2D eigenvalue weighted by Gasteiger charge is -2.19. The molecular weight excluding hydrogens is 342 g/mol. The van der Waals surface area contributed by atoms with Gasteiger partial charge in [0.05, 0.1) is 18.7 Å². The molecule has 2 aromatic carbocycles. The lowest BCUT2D eigenvalue weighted by molar-refractivity contribution is -0.149. The molecule has 0 aliphatic carbocycles. The largest absolute Gasteiger partial charge is 0.495 e. The van der Waals surface area contributed by atoms with E-state index in [9.17, 15) is 9.59 Å². The third-order valence-corrected chi connectivity index (χ3v) is 4.38. The Morgan fingerprint density at radius 1 is 1.20 bits per heavy atom. The summed E-state index contributed by atoms with van der Waals surface area (Å²) in [5.41, 5.74) is 1.52. The highest BCUT2D eigenvalue weighted by Crippen LogP contribution is 2.33. The minimum absolute atomic E-state index is 0.113. The number of nitrogens with zero attached hydrogens (tertiary/aromatic N) is 1. The lowest BCUT2D eigenvalue weighted by atomic mass is 10.1. The zero-order chi connectivity index (χ0) is 17.8. The van der Waals surface area contributed by atoms with Gasteiger partial charge in [-0.25, -0.2) is 0 Å². The number of esters is 1. The van der Waals surface area contributed by atoms with Crippen molar-refractivity contribution in [2.75, 3.05) is 18.6 Å². The molecular formula is C19H18ClNO4. The van der Waals surface area contributed by atoms with Gasteiger partial charge in [-0.3, -0.25) is 9.59 Å². The van der Waals surface area contributed by atoms with E-state index in [4.69, 9.17) is 21.1 Å². The number of benzene rings is 2. The van der Waals surface area contributed by atoms with E-state index in [-0.39, 0.29) is 24.9 Å². The standard InChI is InChI=1S/C19H18ClNO4/c1-24-17-5-3-2-4-16(17)21-11-14(10-18(21)22)19(23)25-12-13-6-8-15(20)9-7-13/h2-9,14H,10-12H2,1H3/t14-/m0/s1. The van der Waals surface area contributed by atoms with Crippen LogP contribution in [0.2, 0.25) is 5.02 Å². The van der Waals surface area contributed by atoms with Gasteiger partial charge in [-0.1, -0.05) is 35.9 Å². The van der Waals surface area contributed by atoms with Crippen LogP contribution in [0.25, 0.3) is 0 Å². The number of hydrogen-bond donors (Lipinski definition) is 0. The van der Waals surface area contributed by atoms with Crippen LogP contribution in [0.3, 0.4) is 0 Å². The maximum atomic E-state index is 12.3. The number of amides is 1. The van der Waals surface area contributed by atoms with Gasteiger partial charge in [-0.15, -0.1) is 0 Å². The van der Waals surface area contributed by atoms with Crippen molar-refractivity contribution < 1.29 is 19.1 Å². The molecule has 2 aromatic rings. The summed E-state index contributed by atoms with van der Waals surface area (Å²) in [6.45, 7) is 0.452. The highest BCUT2D eigenvalue weighted by atomic mass is 35.5. The van der Waals surface area contributed by atoms with Crippen LogP contribution < -0.4 is 9.64 Å². The minimum Gasteiger partial charge on any atom is -0.495 e. The molecule has 3 rings (SSSR count). The Balaban J connectivity index is 1.63. The van der Waals surface area contributed by atoms with E-state index < -0.39 is 5.92 Å². The molecule has 1 heterocycles. The lowest BCUT2D eigenvalue weighted by Crippen LogP contribution is -2.26. The maximum absolute atomic E-state index is 12.3. The number of anilines is 1. The van der Waals surface area contributed by atoms with Gasteiger partial charge in [0.15, 0.2) is 0 Å². The molecule has 0 N–H and O–H groups in total. The van der Waals surface area contributed by atoms with Crippen LogP contribution in [0.15, 0.2) is 48.5 Å². The first-order valence-electron chi connectivity index (χ1n) is 7.93. The zero-order valence-electron chi connectivity index (χ0n) is 13.8. The van der Waals surface area contributed by atoms with Gasteiger partial charge in [-0.05, 0) is 29.8 Å². The summed E-state index contributed by atoms with van der Waals surface area (Å²) in [6, 6.07) is 14.3. The molecule has 0 unspecified atom stereocenters. The molecule has 1 amide bonds. The molecule has 0 bridgehead atoms. The van der Waals surface area contributed by atoms with E-state index in [0.29, 0.717) is 23.0 Å². The van der Waals surface area contributed by atoms with Crippen LogP contribution in [-0.2, 0) is 20.9 Å². The molecule has 1 atom stereocenters. The van der Waals surface area contributed by atoms with Gasteiger partial charge in [0.2, 0.25) is 5.91 Å². The van der Waals surface area contributed by atoms with Gasteiger partial charge < -0.3 is 14.4 Å². The Bertz CT molecular complexity index is 775. The van der Waals surface area contributed by atoms with E-state index in [1.807, 2.05) is 12.1 Å². The van der Waals surface area contributed by atoms with Crippen LogP contribution in [0.4, 0.5) is 5.69 Å². The van der Waals surface area contributed by atoms with Crippen molar-refractivity contribution in [1.29, 1.82) is 0 Å². The van der Waals surface area contributed by atoms with Crippen LogP contribution in [0.5, 0.6) is 5.75 Å². The fraction of sp³-hybridized carbons (Fsp3) is 0.263. The topological polar surface area (TPSA) is 55.8 Å². The normalized spacial score (nSPS) is 16.8. The van der Waals surface area contributed by atoms with Crippen molar-refractivity contribution in [2.45, 2.75) is 13.0 Å². The predicted molar refractivity (Wildman–Crippen MR) is 94.7 cm³/mol. The maximum Gasteiger partial charge on any atom is 0.311 e. The number of methoxy groups -OCH3 is 1. The molecule has 0 spiro atoms. The first-order chi connectivity index (χ1) is 12.1. The fourth-order valence-corrected chi connectivity index (χ4v) is 2.93. The Hall–Kier alpha value is -2.53. The molecule has 25 heavy (non-hydrogen) atoms. The third-order valence-electron chi connectivity index (χ3n) is 4.13. The Morgan fingerprint density at radius 3 is 2.64 bits per heavy atom. The number of carbonyl (C=O) groups excluding carboxylic acids is 2. The summed E-state index contributed by atoms with van der Waals surface area (Å²) in [4.78, 5) is 26.2. The molecule has 1 fully saturated rings. The average molecular weight is 360 g/mol. The van der Waals surface area contributed by atoms with Crippen molar-refractivity contribution in [1.82, 2.24) is 0 Å².